The Morgan fingerprint density at radius 1 is 0.412 bits per heavy atom. The van der Waals surface area contributed by atoms with Gasteiger partial charge in [-0.2, -0.15) is 0 Å². The highest BCUT2D eigenvalue weighted by Gasteiger charge is 2.18. The van der Waals surface area contributed by atoms with E-state index in [0.717, 1.165) is 11.2 Å². The van der Waals surface area contributed by atoms with Crippen molar-refractivity contribution in [3.8, 4) is 32.0 Å². The van der Waals surface area contributed by atoms with E-state index in [0.29, 0.717) is 0 Å². The van der Waals surface area contributed by atoms with E-state index in [1.807, 2.05) is 23.5 Å². The first-order valence-corrected chi connectivity index (χ1v) is 12.3. The summed E-state index contributed by atoms with van der Waals surface area (Å²) in [5.74, 6) is 0. The van der Waals surface area contributed by atoms with Crippen molar-refractivity contribution in [2.75, 3.05) is 0 Å². The van der Waals surface area contributed by atoms with Crippen molar-refractivity contribution < 1.29 is 4.42 Å². The lowest BCUT2D eigenvalue weighted by atomic mass is 10.00. The maximum absolute atomic E-state index is 6.18. The summed E-state index contributed by atoms with van der Waals surface area (Å²) >= 11 is 1.87. The molecule has 7 rings (SSSR count). The molecule has 0 fully saturated rings. The predicted molar refractivity (Wildman–Crippen MR) is 145 cm³/mol. The zero-order valence-electron chi connectivity index (χ0n) is 18.4. The molecule has 0 saturated heterocycles. The molecule has 0 N–H and O–H groups in total. The van der Waals surface area contributed by atoms with Crippen molar-refractivity contribution in [3.63, 3.8) is 0 Å². The highest BCUT2D eigenvalue weighted by molar-refractivity contribution is 7.21. The quantitative estimate of drug-likeness (QED) is 0.260. The number of benzene rings is 5. The van der Waals surface area contributed by atoms with E-state index >= 15 is 0 Å². The van der Waals surface area contributed by atoms with E-state index in [1.54, 1.807) is 0 Å². The van der Waals surface area contributed by atoms with Crippen LogP contribution in [0.1, 0.15) is 0 Å². The van der Waals surface area contributed by atoms with E-state index in [-0.39, 0.29) is 0 Å². The Balaban J connectivity index is 1.44. The summed E-state index contributed by atoms with van der Waals surface area (Å²) < 4.78 is 6.18. The molecule has 0 bridgehead atoms. The molecular weight excluding hydrogens is 432 g/mol. The largest absolute Gasteiger partial charge is 0.456 e. The SMILES string of the molecule is c1ccc(-c2ccc(-c3sc(-c4cccc5oc6ccccc6c45)c4ccccc34)cc2)cc1. The van der Waals surface area contributed by atoms with Gasteiger partial charge in [-0.1, -0.05) is 109 Å². The molecule has 5 aromatic carbocycles. The Labute approximate surface area is 201 Å². The predicted octanol–water partition coefficient (Wildman–Crippen LogP) is 9.80. The minimum atomic E-state index is 0.933. The van der Waals surface area contributed by atoms with Gasteiger partial charge in [0.25, 0.3) is 0 Å². The molecule has 34 heavy (non-hydrogen) atoms. The summed E-state index contributed by atoms with van der Waals surface area (Å²) in [5, 5.41) is 4.93. The van der Waals surface area contributed by atoms with Gasteiger partial charge in [-0.25, -0.2) is 0 Å². The van der Waals surface area contributed by atoms with Crippen molar-refractivity contribution in [3.05, 3.63) is 121 Å². The van der Waals surface area contributed by atoms with Crippen LogP contribution in [0.4, 0.5) is 0 Å². The molecule has 0 aliphatic rings. The van der Waals surface area contributed by atoms with Gasteiger partial charge in [0, 0.05) is 36.9 Å². The minimum Gasteiger partial charge on any atom is -0.456 e. The Morgan fingerprint density at radius 2 is 1.00 bits per heavy atom. The highest BCUT2D eigenvalue weighted by Crippen LogP contribution is 2.47. The fraction of sp³-hybridized carbons (Fsp3) is 0. The Bertz CT molecular complexity index is 1790. The number of fused-ring (bicyclic) bond motifs is 4. The van der Waals surface area contributed by atoms with Crippen LogP contribution in [-0.2, 0) is 0 Å². The molecule has 2 heteroatoms. The van der Waals surface area contributed by atoms with Gasteiger partial charge in [-0.05, 0) is 28.8 Å². The summed E-state index contributed by atoms with van der Waals surface area (Å²) in [6.45, 7) is 0. The van der Waals surface area contributed by atoms with Gasteiger partial charge in [-0.3, -0.25) is 0 Å². The van der Waals surface area contributed by atoms with Crippen LogP contribution in [0.15, 0.2) is 126 Å². The average Bonchev–Trinajstić information content (AvgIpc) is 3.48. The van der Waals surface area contributed by atoms with Crippen LogP contribution in [-0.4, -0.2) is 0 Å². The minimum absolute atomic E-state index is 0.933. The third-order valence-corrected chi connectivity index (χ3v) is 7.83. The van der Waals surface area contributed by atoms with E-state index in [2.05, 4.69) is 109 Å². The molecule has 0 unspecified atom stereocenters. The molecule has 0 aliphatic heterocycles. The molecule has 160 valence electrons. The fourth-order valence-corrected chi connectivity index (χ4v) is 6.23. The highest BCUT2D eigenvalue weighted by atomic mass is 32.1. The van der Waals surface area contributed by atoms with Crippen LogP contribution in [0.2, 0.25) is 0 Å². The Morgan fingerprint density at radius 3 is 1.79 bits per heavy atom. The maximum Gasteiger partial charge on any atom is 0.136 e. The molecule has 0 radical (unpaired) electrons. The van der Waals surface area contributed by atoms with E-state index < -0.39 is 0 Å². The standard InChI is InChI=1S/C32H20OS/c1-2-9-21(10-3-1)22-17-19-23(20-18-22)31-24-11-4-5-12-25(24)32(34-31)27-14-8-16-29-30(27)26-13-6-7-15-28(26)33-29/h1-20H. The van der Waals surface area contributed by atoms with Gasteiger partial charge in [0.2, 0.25) is 0 Å². The van der Waals surface area contributed by atoms with Crippen molar-refractivity contribution in [1.82, 2.24) is 0 Å². The Hall–Kier alpha value is -4.14. The molecule has 1 nitrogen and oxygen atoms in total. The van der Waals surface area contributed by atoms with Gasteiger partial charge in [0.15, 0.2) is 0 Å². The molecule has 0 aliphatic carbocycles. The van der Waals surface area contributed by atoms with Gasteiger partial charge in [0.05, 0.1) is 0 Å². The zero-order chi connectivity index (χ0) is 22.5. The maximum atomic E-state index is 6.18. The molecule has 7 aromatic rings. The average molecular weight is 453 g/mol. The van der Waals surface area contributed by atoms with Gasteiger partial charge < -0.3 is 4.42 Å². The van der Waals surface area contributed by atoms with Crippen LogP contribution in [0.25, 0.3) is 64.7 Å². The van der Waals surface area contributed by atoms with Crippen molar-refractivity contribution in [1.29, 1.82) is 0 Å². The number of furan rings is 1. The summed E-state index contributed by atoms with van der Waals surface area (Å²) in [6, 6.07) is 42.9. The molecule has 2 heterocycles. The normalized spacial score (nSPS) is 11.5. The Kier molecular flexibility index (Phi) is 4.39. The molecule has 0 amide bonds. The molecule has 2 aromatic heterocycles. The van der Waals surface area contributed by atoms with Crippen LogP contribution in [0.5, 0.6) is 0 Å². The number of thiophene rings is 1. The fourth-order valence-electron chi connectivity index (χ4n) is 4.91. The van der Waals surface area contributed by atoms with Crippen LogP contribution in [0.3, 0.4) is 0 Å². The molecule has 0 saturated carbocycles. The van der Waals surface area contributed by atoms with Crippen molar-refractivity contribution >= 4 is 44.0 Å². The van der Waals surface area contributed by atoms with Gasteiger partial charge >= 0.3 is 0 Å². The lowest BCUT2D eigenvalue weighted by molar-refractivity contribution is 0.669. The molecule has 0 spiro atoms. The number of para-hydroxylation sites is 1. The lowest BCUT2D eigenvalue weighted by Gasteiger charge is -2.04. The second kappa shape index (κ2) is 7.72. The zero-order valence-corrected chi connectivity index (χ0v) is 19.2. The van der Waals surface area contributed by atoms with E-state index in [9.17, 15) is 0 Å². The second-order valence-electron chi connectivity index (χ2n) is 8.53. The van der Waals surface area contributed by atoms with Crippen LogP contribution in [0, 0.1) is 0 Å². The molecule has 0 atom stereocenters. The lowest BCUT2D eigenvalue weighted by Crippen LogP contribution is -1.78. The molecular formula is C32H20OS. The smallest absolute Gasteiger partial charge is 0.136 e. The second-order valence-corrected chi connectivity index (χ2v) is 9.55. The van der Waals surface area contributed by atoms with E-state index in [4.69, 9.17) is 4.42 Å². The van der Waals surface area contributed by atoms with Crippen molar-refractivity contribution in [2.24, 2.45) is 0 Å². The number of hydrogen-bond donors (Lipinski definition) is 0. The van der Waals surface area contributed by atoms with E-state index in [1.165, 1.54) is 53.6 Å². The first-order chi connectivity index (χ1) is 16.9. The number of rotatable bonds is 3. The van der Waals surface area contributed by atoms with Crippen LogP contribution >= 0.6 is 11.3 Å². The van der Waals surface area contributed by atoms with Crippen LogP contribution < -0.4 is 0 Å². The summed E-state index contributed by atoms with van der Waals surface area (Å²) in [4.78, 5) is 2.59. The summed E-state index contributed by atoms with van der Waals surface area (Å²) in [5.41, 5.74) is 6.82. The number of hydrogen-bond acceptors (Lipinski definition) is 2. The van der Waals surface area contributed by atoms with Gasteiger partial charge in [0.1, 0.15) is 11.2 Å². The first kappa shape index (κ1) is 19.3. The topological polar surface area (TPSA) is 13.1 Å². The first-order valence-electron chi connectivity index (χ1n) is 11.4. The van der Waals surface area contributed by atoms with Crippen molar-refractivity contribution in [2.45, 2.75) is 0 Å². The third-order valence-electron chi connectivity index (χ3n) is 6.52. The third kappa shape index (κ3) is 3.00. The van der Waals surface area contributed by atoms with Gasteiger partial charge in [-0.15, -0.1) is 11.3 Å². The monoisotopic (exact) mass is 452 g/mol. The summed E-state index contributed by atoms with van der Waals surface area (Å²) in [7, 11) is 0. The summed E-state index contributed by atoms with van der Waals surface area (Å²) in [6.07, 6.45) is 0.